The fraction of sp³-hybridized carbons (Fsp3) is 0.0833. The molecule has 0 saturated heterocycles. The summed E-state index contributed by atoms with van der Waals surface area (Å²) in [6, 6.07) is 11.1. The van der Waals surface area contributed by atoms with E-state index >= 15 is 0 Å². The molecule has 0 fully saturated rings. The smallest absolute Gasteiger partial charge is 0.336 e. The van der Waals surface area contributed by atoms with E-state index in [1.165, 1.54) is 0 Å². The molecule has 1 radical (unpaired) electrons. The van der Waals surface area contributed by atoms with Crippen LogP contribution in [0.15, 0.2) is 36.4 Å². The van der Waals surface area contributed by atoms with Crippen molar-refractivity contribution in [2.24, 2.45) is 0 Å². The third-order valence-electron chi connectivity index (χ3n) is 2.27. The van der Waals surface area contributed by atoms with Gasteiger partial charge in [0.05, 0.1) is 5.56 Å². The van der Waals surface area contributed by atoms with Crippen LogP contribution in [0.4, 0.5) is 0 Å². The molecule has 0 atom stereocenters. The van der Waals surface area contributed by atoms with Crippen molar-refractivity contribution in [2.45, 2.75) is 6.92 Å². The molecule has 0 saturated carbocycles. The predicted octanol–water partition coefficient (Wildman–Crippen LogP) is 2.47. The number of hydrogen-bond acceptors (Lipinski definition) is 1. The Morgan fingerprint density at radius 3 is 2.60 bits per heavy atom. The summed E-state index contributed by atoms with van der Waals surface area (Å²) in [4.78, 5) is 10.9. The zero-order chi connectivity index (χ0) is 10.1. The van der Waals surface area contributed by atoms with E-state index in [1.807, 2.05) is 31.2 Å². The zero-order valence-corrected chi connectivity index (χ0v) is 12.9. The summed E-state index contributed by atoms with van der Waals surface area (Å²) in [5.41, 5.74) is 1.50. The molecule has 0 aromatic heterocycles. The van der Waals surface area contributed by atoms with Gasteiger partial charge in [0, 0.05) is 27.3 Å². The molecule has 2 aromatic carbocycles. The van der Waals surface area contributed by atoms with Gasteiger partial charge in [0.25, 0.3) is 0 Å². The van der Waals surface area contributed by atoms with Gasteiger partial charge in [0.2, 0.25) is 0 Å². The summed E-state index contributed by atoms with van der Waals surface area (Å²) in [7, 11) is 0. The Morgan fingerprint density at radius 1 is 1.20 bits per heavy atom. The molecule has 0 aliphatic rings. The third kappa shape index (κ3) is 2.37. The Hall–Kier alpha value is -0.908. The molecule has 2 aromatic rings. The topological polar surface area (TPSA) is 37.3 Å². The Balaban J connectivity index is 0.00000112. The molecule has 2 nitrogen and oxygen atoms in total. The first-order valence-corrected chi connectivity index (χ1v) is 4.41. The molecular formula is C12H10O2Tl. The molecule has 0 bridgehead atoms. The first kappa shape index (κ1) is 12.2. The molecule has 0 unspecified atom stereocenters. The minimum absolute atomic E-state index is 0. The number of carbonyl (C=O) groups is 1. The average Bonchev–Trinajstić information content (AvgIpc) is 2.16. The molecule has 0 heterocycles. The Kier molecular flexibility index (Phi) is 3.85. The summed E-state index contributed by atoms with van der Waals surface area (Å²) < 4.78 is 0. The number of rotatable bonds is 1. The Morgan fingerprint density at radius 2 is 1.93 bits per heavy atom. The van der Waals surface area contributed by atoms with Crippen molar-refractivity contribution in [3.8, 4) is 0 Å². The second-order valence-corrected chi connectivity index (χ2v) is 3.34. The predicted molar refractivity (Wildman–Crippen MR) is 61.4 cm³/mol. The van der Waals surface area contributed by atoms with Crippen molar-refractivity contribution < 1.29 is 9.90 Å². The van der Waals surface area contributed by atoms with Crippen LogP contribution in [-0.4, -0.2) is 38.4 Å². The number of fused-ring (bicyclic) bond motifs is 1. The number of aryl methyl sites for hydroxylation is 1. The van der Waals surface area contributed by atoms with Gasteiger partial charge in [-0.25, -0.2) is 4.79 Å². The van der Waals surface area contributed by atoms with Gasteiger partial charge in [-0.3, -0.25) is 0 Å². The van der Waals surface area contributed by atoms with E-state index in [0.29, 0.717) is 5.56 Å². The SMILES string of the molecule is Cc1ccc2c(C(=O)O)cccc2c1.[Tl]. The molecule has 73 valence electrons. The molecule has 0 aliphatic carbocycles. The summed E-state index contributed by atoms with van der Waals surface area (Å²) >= 11 is 0. The van der Waals surface area contributed by atoms with Crippen LogP contribution in [0.5, 0.6) is 0 Å². The second kappa shape index (κ2) is 4.74. The van der Waals surface area contributed by atoms with E-state index in [-0.39, 0.29) is 27.3 Å². The van der Waals surface area contributed by atoms with Crippen molar-refractivity contribution in [1.82, 2.24) is 0 Å². The summed E-state index contributed by atoms with van der Waals surface area (Å²) in [5.74, 6) is -0.876. The van der Waals surface area contributed by atoms with Crippen LogP contribution < -0.4 is 0 Å². The number of benzene rings is 2. The number of hydrogen-bond donors (Lipinski definition) is 1. The third-order valence-corrected chi connectivity index (χ3v) is 2.27. The molecule has 2 rings (SSSR count). The first-order chi connectivity index (χ1) is 6.68. The van der Waals surface area contributed by atoms with Gasteiger partial charge in [-0.2, -0.15) is 0 Å². The van der Waals surface area contributed by atoms with Crippen LogP contribution in [0.1, 0.15) is 15.9 Å². The van der Waals surface area contributed by atoms with Gasteiger partial charge >= 0.3 is 5.97 Å². The second-order valence-electron chi connectivity index (χ2n) is 3.34. The molecule has 0 amide bonds. The average molecular weight is 391 g/mol. The van der Waals surface area contributed by atoms with E-state index in [0.717, 1.165) is 16.3 Å². The van der Waals surface area contributed by atoms with Crippen LogP contribution >= 0.6 is 0 Å². The molecule has 1 N–H and O–H groups in total. The summed E-state index contributed by atoms with van der Waals surface area (Å²) in [6.07, 6.45) is 0. The molecule has 15 heavy (non-hydrogen) atoms. The van der Waals surface area contributed by atoms with Gasteiger partial charge in [0.1, 0.15) is 0 Å². The largest absolute Gasteiger partial charge is 0.478 e. The van der Waals surface area contributed by atoms with E-state index in [4.69, 9.17) is 5.11 Å². The fourth-order valence-electron chi connectivity index (χ4n) is 1.59. The van der Waals surface area contributed by atoms with Gasteiger partial charge in [-0.15, -0.1) is 0 Å². The Labute approximate surface area is 108 Å². The minimum Gasteiger partial charge on any atom is -0.478 e. The van der Waals surface area contributed by atoms with E-state index in [9.17, 15) is 4.79 Å². The first-order valence-electron chi connectivity index (χ1n) is 4.41. The van der Waals surface area contributed by atoms with Crippen LogP contribution in [-0.2, 0) is 0 Å². The molecule has 3 heteroatoms. The summed E-state index contributed by atoms with van der Waals surface area (Å²) in [5, 5.41) is 10.7. The van der Waals surface area contributed by atoms with Crippen molar-refractivity contribution in [2.75, 3.05) is 0 Å². The Bertz CT molecular complexity index is 506. The molecular weight excluding hydrogens is 381 g/mol. The minimum atomic E-state index is -0.876. The van der Waals surface area contributed by atoms with Gasteiger partial charge in [-0.1, -0.05) is 35.9 Å². The number of aromatic carboxylic acids is 1. The molecule has 0 spiro atoms. The van der Waals surface area contributed by atoms with Crippen LogP contribution in [0, 0.1) is 6.92 Å². The maximum Gasteiger partial charge on any atom is 0.336 e. The van der Waals surface area contributed by atoms with Gasteiger partial charge in [0.15, 0.2) is 0 Å². The summed E-state index contributed by atoms with van der Waals surface area (Å²) in [6.45, 7) is 1.99. The monoisotopic (exact) mass is 391 g/mol. The quantitative estimate of drug-likeness (QED) is 0.760. The van der Waals surface area contributed by atoms with Crippen LogP contribution in [0.2, 0.25) is 0 Å². The normalized spacial score (nSPS) is 9.67. The van der Waals surface area contributed by atoms with Crippen molar-refractivity contribution >= 4 is 44.0 Å². The van der Waals surface area contributed by atoms with Gasteiger partial charge in [-0.05, 0) is 23.8 Å². The van der Waals surface area contributed by atoms with Crippen LogP contribution in [0.25, 0.3) is 10.8 Å². The van der Waals surface area contributed by atoms with E-state index < -0.39 is 5.97 Å². The van der Waals surface area contributed by atoms with E-state index in [2.05, 4.69) is 0 Å². The maximum absolute atomic E-state index is 10.9. The van der Waals surface area contributed by atoms with Gasteiger partial charge < -0.3 is 5.11 Å². The van der Waals surface area contributed by atoms with Crippen LogP contribution in [0.3, 0.4) is 0 Å². The fourth-order valence-corrected chi connectivity index (χ4v) is 1.59. The number of carboxylic acid groups (broad SMARTS) is 1. The molecule has 0 aliphatic heterocycles. The van der Waals surface area contributed by atoms with Crippen molar-refractivity contribution in [3.63, 3.8) is 0 Å². The van der Waals surface area contributed by atoms with Crippen molar-refractivity contribution in [1.29, 1.82) is 0 Å². The van der Waals surface area contributed by atoms with Crippen molar-refractivity contribution in [3.05, 3.63) is 47.5 Å². The maximum atomic E-state index is 10.9. The standard InChI is InChI=1S/C12H10O2.Tl/c1-8-5-6-10-9(7-8)3-2-4-11(10)12(13)14;/h2-7H,1H3,(H,13,14);. The zero-order valence-electron chi connectivity index (χ0n) is 8.40. The van der Waals surface area contributed by atoms with E-state index in [1.54, 1.807) is 12.1 Å². The number of carboxylic acids is 1.